The normalized spacial score (nSPS) is 24.0. The van der Waals surface area contributed by atoms with Crippen LogP contribution in [0.25, 0.3) is 0 Å². The molecule has 5 rings (SSSR count). The molecular formula is C31H30O5S. The van der Waals surface area contributed by atoms with Gasteiger partial charge in [0.25, 0.3) is 0 Å². The third-order valence-electron chi connectivity index (χ3n) is 6.67. The number of benzene rings is 4. The lowest BCUT2D eigenvalue weighted by atomic mass is 9.80. The topological polar surface area (TPSA) is 79.2 Å². The van der Waals surface area contributed by atoms with E-state index in [2.05, 4.69) is 0 Å². The van der Waals surface area contributed by atoms with Gasteiger partial charge in [0.2, 0.25) is 0 Å². The number of hydrogen-bond donors (Lipinski definition) is 3. The van der Waals surface area contributed by atoms with Crippen LogP contribution in [0.15, 0.2) is 126 Å². The fraction of sp³-hybridized carbons (Fsp3) is 0.226. The molecule has 37 heavy (non-hydrogen) atoms. The van der Waals surface area contributed by atoms with E-state index in [-0.39, 0.29) is 6.61 Å². The molecule has 0 spiro atoms. The molecule has 0 amide bonds. The first-order valence-electron chi connectivity index (χ1n) is 12.3. The van der Waals surface area contributed by atoms with Crippen LogP contribution in [0.2, 0.25) is 0 Å². The smallest absolute Gasteiger partial charge is 0.143 e. The molecule has 0 aliphatic carbocycles. The molecule has 1 aliphatic heterocycles. The van der Waals surface area contributed by atoms with Crippen LogP contribution in [-0.4, -0.2) is 51.8 Å². The zero-order valence-electron chi connectivity index (χ0n) is 20.2. The van der Waals surface area contributed by atoms with Crippen LogP contribution in [0, 0.1) is 0 Å². The van der Waals surface area contributed by atoms with E-state index < -0.39 is 35.5 Å². The van der Waals surface area contributed by atoms with E-state index in [4.69, 9.17) is 9.47 Å². The van der Waals surface area contributed by atoms with Crippen molar-refractivity contribution < 1.29 is 24.8 Å². The van der Waals surface area contributed by atoms with Crippen molar-refractivity contribution in [1.29, 1.82) is 0 Å². The second-order valence-electron chi connectivity index (χ2n) is 9.04. The largest absolute Gasteiger partial charge is 0.387 e. The molecule has 4 aromatic carbocycles. The molecule has 0 bridgehead atoms. The van der Waals surface area contributed by atoms with Gasteiger partial charge in [-0.05, 0) is 28.8 Å². The van der Waals surface area contributed by atoms with E-state index in [1.165, 1.54) is 11.8 Å². The van der Waals surface area contributed by atoms with Crippen LogP contribution in [-0.2, 0) is 15.1 Å². The molecule has 1 aliphatic rings. The van der Waals surface area contributed by atoms with Crippen LogP contribution in [0.5, 0.6) is 0 Å². The van der Waals surface area contributed by atoms with E-state index in [1.807, 2.05) is 121 Å². The van der Waals surface area contributed by atoms with Gasteiger partial charge >= 0.3 is 0 Å². The molecule has 190 valence electrons. The minimum atomic E-state index is -1.37. The summed E-state index contributed by atoms with van der Waals surface area (Å²) in [5, 5.41) is 32.2. The highest BCUT2D eigenvalue weighted by Crippen LogP contribution is 2.41. The van der Waals surface area contributed by atoms with E-state index in [0.29, 0.717) is 0 Å². The second kappa shape index (κ2) is 11.6. The predicted octanol–water partition coefficient (Wildman–Crippen LogP) is 4.60. The van der Waals surface area contributed by atoms with Gasteiger partial charge in [0.15, 0.2) is 0 Å². The molecule has 0 unspecified atom stereocenters. The zero-order chi connectivity index (χ0) is 25.7. The Morgan fingerprint density at radius 1 is 0.595 bits per heavy atom. The average Bonchev–Trinajstić information content (AvgIpc) is 2.96. The van der Waals surface area contributed by atoms with Crippen LogP contribution < -0.4 is 0 Å². The minimum Gasteiger partial charge on any atom is -0.387 e. The van der Waals surface area contributed by atoms with Gasteiger partial charge in [0.05, 0.1) is 6.61 Å². The first-order chi connectivity index (χ1) is 18.1. The highest BCUT2D eigenvalue weighted by Gasteiger charge is 2.46. The molecular weight excluding hydrogens is 484 g/mol. The zero-order valence-corrected chi connectivity index (χ0v) is 21.0. The SMILES string of the molecule is O[C@@H]1[C@H](O)[C@@H](Sc2ccccc2)O[C@H](COC(c2ccccc2)(c2ccccc2)c2ccccc2)[C@H]1O. The number of aliphatic hydroxyl groups is 3. The highest BCUT2D eigenvalue weighted by atomic mass is 32.2. The van der Waals surface area contributed by atoms with Crippen molar-refractivity contribution in [3.63, 3.8) is 0 Å². The summed E-state index contributed by atoms with van der Waals surface area (Å²) in [6.45, 7) is -0.0184. The van der Waals surface area contributed by atoms with E-state index >= 15 is 0 Å². The number of rotatable bonds is 8. The van der Waals surface area contributed by atoms with Gasteiger partial charge in [-0.3, -0.25) is 0 Å². The Morgan fingerprint density at radius 3 is 1.49 bits per heavy atom. The maximum absolute atomic E-state index is 10.9. The third-order valence-corrected chi connectivity index (χ3v) is 7.84. The van der Waals surface area contributed by atoms with Crippen molar-refractivity contribution in [3.05, 3.63) is 138 Å². The van der Waals surface area contributed by atoms with Crippen LogP contribution >= 0.6 is 11.8 Å². The highest BCUT2D eigenvalue weighted by molar-refractivity contribution is 7.99. The van der Waals surface area contributed by atoms with Gasteiger partial charge in [0, 0.05) is 4.90 Å². The van der Waals surface area contributed by atoms with E-state index in [9.17, 15) is 15.3 Å². The maximum Gasteiger partial charge on any atom is 0.143 e. The van der Waals surface area contributed by atoms with Crippen LogP contribution in [0.4, 0.5) is 0 Å². The van der Waals surface area contributed by atoms with Crippen molar-refractivity contribution in [2.45, 2.75) is 40.3 Å². The minimum absolute atomic E-state index is 0.0184. The molecule has 5 nitrogen and oxygen atoms in total. The molecule has 0 saturated carbocycles. The molecule has 5 atom stereocenters. The Labute approximate surface area is 221 Å². The Bertz CT molecular complexity index is 1140. The van der Waals surface area contributed by atoms with Gasteiger partial charge in [-0.15, -0.1) is 0 Å². The quantitative estimate of drug-likeness (QED) is 0.299. The molecule has 0 aromatic heterocycles. The summed E-state index contributed by atoms with van der Waals surface area (Å²) in [6, 6.07) is 39.3. The lowest BCUT2D eigenvalue weighted by Crippen LogP contribution is -2.58. The maximum atomic E-state index is 10.9. The summed E-state index contributed by atoms with van der Waals surface area (Å²) in [4.78, 5) is 0.891. The van der Waals surface area contributed by atoms with Crippen molar-refractivity contribution in [3.8, 4) is 0 Å². The summed E-state index contributed by atoms with van der Waals surface area (Å²) in [5.41, 5.74) is 1.01. The summed E-state index contributed by atoms with van der Waals surface area (Å²) >= 11 is 1.31. The summed E-state index contributed by atoms with van der Waals surface area (Å²) in [5.74, 6) is 0. The van der Waals surface area contributed by atoms with Gasteiger partial charge in [-0.25, -0.2) is 0 Å². The molecule has 0 radical (unpaired) electrons. The fourth-order valence-electron chi connectivity index (χ4n) is 4.76. The number of hydrogen-bond acceptors (Lipinski definition) is 6. The van der Waals surface area contributed by atoms with Crippen LogP contribution in [0.1, 0.15) is 16.7 Å². The van der Waals surface area contributed by atoms with Crippen molar-refractivity contribution in [2.24, 2.45) is 0 Å². The van der Waals surface area contributed by atoms with E-state index in [0.717, 1.165) is 21.6 Å². The predicted molar refractivity (Wildman–Crippen MR) is 144 cm³/mol. The Kier molecular flexibility index (Phi) is 8.05. The molecule has 4 aromatic rings. The standard InChI is InChI=1S/C31H30O5S/c32-27-26(36-30(29(34)28(27)33)37-25-19-11-4-12-20-25)21-35-31(22-13-5-1-6-14-22,23-15-7-2-8-16-23)24-17-9-3-10-18-24/h1-20,26-30,32-34H,21H2/t26-,27-,28+,29+,30-/m1/s1. The van der Waals surface area contributed by atoms with Gasteiger partial charge < -0.3 is 24.8 Å². The third kappa shape index (κ3) is 5.36. The van der Waals surface area contributed by atoms with Crippen molar-refractivity contribution in [2.75, 3.05) is 6.61 Å². The van der Waals surface area contributed by atoms with Crippen LogP contribution in [0.3, 0.4) is 0 Å². The second-order valence-corrected chi connectivity index (χ2v) is 10.2. The average molecular weight is 515 g/mol. The number of thioether (sulfide) groups is 1. The molecule has 1 fully saturated rings. The lowest BCUT2D eigenvalue weighted by Gasteiger charge is -2.42. The Hall–Kier alpha value is -2.97. The summed E-state index contributed by atoms with van der Waals surface area (Å²) in [7, 11) is 0. The number of ether oxygens (including phenoxy) is 2. The summed E-state index contributed by atoms with van der Waals surface area (Å²) in [6.07, 6.45) is -4.81. The Morgan fingerprint density at radius 2 is 1.03 bits per heavy atom. The van der Waals surface area contributed by atoms with Gasteiger partial charge in [0.1, 0.15) is 35.5 Å². The van der Waals surface area contributed by atoms with E-state index in [1.54, 1.807) is 0 Å². The van der Waals surface area contributed by atoms with Gasteiger partial charge in [-0.1, -0.05) is 121 Å². The fourth-order valence-corrected chi connectivity index (χ4v) is 5.84. The van der Waals surface area contributed by atoms with Gasteiger partial charge in [-0.2, -0.15) is 0 Å². The Balaban J connectivity index is 1.49. The molecule has 1 saturated heterocycles. The number of aliphatic hydroxyl groups excluding tert-OH is 3. The first kappa shape index (κ1) is 25.7. The monoisotopic (exact) mass is 514 g/mol. The molecule has 3 N–H and O–H groups in total. The summed E-state index contributed by atoms with van der Waals surface area (Å²) < 4.78 is 13.0. The van der Waals surface area contributed by atoms with Crippen molar-refractivity contribution in [1.82, 2.24) is 0 Å². The molecule has 6 heteroatoms. The van der Waals surface area contributed by atoms with Crippen molar-refractivity contribution >= 4 is 11.8 Å². The first-order valence-corrected chi connectivity index (χ1v) is 13.2. The lowest BCUT2D eigenvalue weighted by molar-refractivity contribution is -0.216. The molecule has 1 heterocycles.